The molecule has 0 aliphatic heterocycles. The standard InChI is InChI=1S/C12H9BrClN3O4/c1-16(6-7-2-3-10(13)21-7)12(18)8-4-11(14)15-5-9(8)17(19)20/h2-5H,6H2,1H3. The molecular weight excluding hydrogens is 366 g/mol. The van der Waals surface area contributed by atoms with Crippen LogP contribution in [0.3, 0.4) is 0 Å². The summed E-state index contributed by atoms with van der Waals surface area (Å²) in [6.07, 6.45) is 0.965. The lowest BCUT2D eigenvalue weighted by atomic mass is 10.2. The lowest BCUT2D eigenvalue weighted by molar-refractivity contribution is -0.385. The number of carbonyl (C=O) groups is 1. The average molecular weight is 375 g/mol. The van der Waals surface area contributed by atoms with Gasteiger partial charge in [0.15, 0.2) is 4.67 Å². The number of carbonyl (C=O) groups excluding carboxylic acids is 1. The van der Waals surface area contributed by atoms with Crippen LogP contribution in [0.2, 0.25) is 5.15 Å². The van der Waals surface area contributed by atoms with E-state index in [1.54, 1.807) is 12.1 Å². The van der Waals surface area contributed by atoms with E-state index in [1.807, 2.05) is 0 Å². The van der Waals surface area contributed by atoms with Crippen molar-refractivity contribution >= 4 is 39.1 Å². The molecule has 1 amide bonds. The predicted molar refractivity (Wildman–Crippen MR) is 78.1 cm³/mol. The first kappa shape index (κ1) is 15.5. The second-order valence-corrected chi connectivity index (χ2v) is 5.32. The summed E-state index contributed by atoms with van der Waals surface area (Å²) in [4.78, 5) is 27.5. The van der Waals surface area contributed by atoms with Gasteiger partial charge < -0.3 is 9.32 Å². The van der Waals surface area contributed by atoms with Gasteiger partial charge in [-0.3, -0.25) is 14.9 Å². The van der Waals surface area contributed by atoms with Gasteiger partial charge in [0.2, 0.25) is 0 Å². The molecule has 2 aromatic rings. The molecule has 0 saturated carbocycles. The first-order valence-electron chi connectivity index (χ1n) is 5.68. The van der Waals surface area contributed by atoms with E-state index in [4.69, 9.17) is 16.0 Å². The molecule has 0 N–H and O–H groups in total. The second kappa shape index (κ2) is 6.23. The van der Waals surface area contributed by atoms with Gasteiger partial charge >= 0.3 is 0 Å². The SMILES string of the molecule is CN(Cc1ccc(Br)o1)C(=O)c1cc(Cl)ncc1[N+](=O)[O-]. The summed E-state index contributed by atoms with van der Waals surface area (Å²) in [7, 11) is 1.51. The summed E-state index contributed by atoms with van der Waals surface area (Å²) >= 11 is 8.86. The van der Waals surface area contributed by atoms with Gasteiger partial charge in [0.25, 0.3) is 11.6 Å². The van der Waals surface area contributed by atoms with Crippen molar-refractivity contribution in [3.8, 4) is 0 Å². The molecule has 0 unspecified atom stereocenters. The van der Waals surface area contributed by atoms with E-state index in [0.29, 0.717) is 10.4 Å². The zero-order chi connectivity index (χ0) is 15.6. The van der Waals surface area contributed by atoms with Crippen molar-refractivity contribution < 1.29 is 14.1 Å². The van der Waals surface area contributed by atoms with Crippen molar-refractivity contribution in [2.24, 2.45) is 0 Å². The number of nitro groups is 1. The minimum absolute atomic E-state index is 0.0121. The zero-order valence-electron chi connectivity index (χ0n) is 10.7. The smallest absolute Gasteiger partial charge is 0.300 e. The maximum atomic E-state index is 12.3. The van der Waals surface area contributed by atoms with Crippen LogP contribution in [0.5, 0.6) is 0 Å². The monoisotopic (exact) mass is 373 g/mol. The lowest BCUT2D eigenvalue weighted by Crippen LogP contribution is -2.26. The van der Waals surface area contributed by atoms with Crippen molar-refractivity contribution in [3.63, 3.8) is 0 Å². The van der Waals surface area contributed by atoms with E-state index in [9.17, 15) is 14.9 Å². The molecule has 0 aromatic carbocycles. The summed E-state index contributed by atoms with van der Waals surface area (Å²) < 4.78 is 5.83. The van der Waals surface area contributed by atoms with Crippen LogP contribution in [0.4, 0.5) is 5.69 Å². The van der Waals surface area contributed by atoms with Crippen LogP contribution >= 0.6 is 27.5 Å². The topological polar surface area (TPSA) is 89.5 Å². The lowest BCUT2D eigenvalue weighted by Gasteiger charge is -2.15. The Labute approximate surface area is 132 Å². The largest absolute Gasteiger partial charge is 0.452 e. The minimum atomic E-state index is -0.673. The third-order valence-electron chi connectivity index (χ3n) is 2.65. The molecule has 0 fully saturated rings. The van der Waals surface area contributed by atoms with Gasteiger partial charge in [-0.15, -0.1) is 0 Å². The molecule has 2 heterocycles. The molecule has 0 atom stereocenters. The summed E-state index contributed by atoms with van der Waals surface area (Å²) in [5, 5.41) is 11.0. The van der Waals surface area contributed by atoms with Gasteiger partial charge in [-0.2, -0.15) is 0 Å². The number of hydrogen-bond acceptors (Lipinski definition) is 5. The van der Waals surface area contributed by atoms with Gasteiger partial charge in [-0.25, -0.2) is 4.98 Å². The molecule has 9 heteroatoms. The summed E-state index contributed by atoms with van der Waals surface area (Å²) in [6, 6.07) is 4.57. The second-order valence-electron chi connectivity index (χ2n) is 4.15. The molecule has 21 heavy (non-hydrogen) atoms. The average Bonchev–Trinajstić information content (AvgIpc) is 2.82. The number of aromatic nitrogens is 1. The van der Waals surface area contributed by atoms with Gasteiger partial charge in [0.05, 0.1) is 11.5 Å². The maximum Gasteiger partial charge on any atom is 0.300 e. The highest BCUT2D eigenvalue weighted by Crippen LogP contribution is 2.23. The van der Waals surface area contributed by atoms with Gasteiger partial charge in [0, 0.05) is 7.05 Å². The van der Waals surface area contributed by atoms with Crippen LogP contribution < -0.4 is 0 Å². The molecule has 0 aliphatic rings. The molecule has 0 aliphatic carbocycles. The van der Waals surface area contributed by atoms with Gasteiger partial charge in [0.1, 0.15) is 22.7 Å². The molecular formula is C12H9BrClN3O4. The van der Waals surface area contributed by atoms with E-state index in [2.05, 4.69) is 20.9 Å². The Hall–Kier alpha value is -1.93. The quantitative estimate of drug-likeness (QED) is 0.465. The Morgan fingerprint density at radius 3 is 2.86 bits per heavy atom. The number of amides is 1. The van der Waals surface area contributed by atoms with E-state index >= 15 is 0 Å². The highest BCUT2D eigenvalue weighted by atomic mass is 79.9. The first-order chi connectivity index (χ1) is 9.88. The van der Waals surface area contributed by atoms with Crippen molar-refractivity contribution in [1.82, 2.24) is 9.88 Å². The number of pyridine rings is 1. The van der Waals surface area contributed by atoms with Crippen LogP contribution in [0.1, 0.15) is 16.1 Å². The fourth-order valence-electron chi connectivity index (χ4n) is 1.69. The normalized spacial score (nSPS) is 10.4. The molecule has 0 bridgehead atoms. The van der Waals surface area contributed by atoms with Crippen molar-refractivity contribution in [3.05, 3.63) is 55.7 Å². The predicted octanol–water partition coefficient (Wildman–Crippen LogP) is 3.27. The first-order valence-corrected chi connectivity index (χ1v) is 6.85. The van der Waals surface area contributed by atoms with Gasteiger partial charge in [-0.1, -0.05) is 11.6 Å². The van der Waals surface area contributed by atoms with Crippen molar-refractivity contribution in [2.45, 2.75) is 6.54 Å². The fraction of sp³-hybridized carbons (Fsp3) is 0.167. The van der Waals surface area contributed by atoms with E-state index in [-0.39, 0.29) is 17.3 Å². The number of nitrogens with zero attached hydrogens (tertiary/aromatic N) is 3. The molecule has 7 nitrogen and oxygen atoms in total. The Kier molecular flexibility index (Phi) is 4.59. The van der Waals surface area contributed by atoms with Crippen molar-refractivity contribution in [2.75, 3.05) is 7.05 Å². The van der Waals surface area contributed by atoms with Crippen LogP contribution in [0, 0.1) is 10.1 Å². The number of hydrogen-bond donors (Lipinski definition) is 0. The number of furan rings is 1. The Balaban J connectivity index is 2.26. The van der Waals surface area contributed by atoms with Crippen LogP contribution in [-0.2, 0) is 6.54 Å². The fourth-order valence-corrected chi connectivity index (χ4v) is 2.19. The molecule has 0 spiro atoms. The summed E-state index contributed by atoms with van der Waals surface area (Å²) in [5.41, 5.74) is -0.509. The third kappa shape index (κ3) is 3.59. The number of rotatable bonds is 4. The highest BCUT2D eigenvalue weighted by molar-refractivity contribution is 9.10. The molecule has 0 saturated heterocycles. The minimum Gasteiger partial charge on any atom is -0.452 e. The molecule has 110 valence electrons. The van der Waals surface area contributed by atoms with Crippen LogP contribution in [0.15, 0.2) is 33.5 Å². The van der Waals surface area contributed by atoms with Crippen LogP contribution in [0.25, 0.3) is 0 Å². The molecule has 2 aromatic heterocycles. The Bertz CT molecular complexity index is 704. The highest BCUT2D eigenvalue weighted by Gasteiger charge is 2.24. The Morgan fingerprint density at radius 2 is 2.29 bits per heavy atom. The maximum absolute atomic E-state index is 12.3. The number of halogens is 2. The molecule has 0 radical (unpaired) electrons. The zero-order valence-corrected chi connectivity index (χ0v) is 13.1. The van der Waals surface area contributed by atoms with E-state index < -0.39 is 16.5 Å². The van der Waals surface area contributed by atoms with Crippen LogP contribution in [-0.4, -0.2) is 27.8 Å². The van der Waals surface area contributed by atoms with E-state index in [0.717, 1.165) is 6.20 Å². The molecule has 2 rings (SSSR count). The summed E-state index contributed by atoms with van der Waals surface area (Å²) in [5.74, 6) is -0.000876. The summed E-state index contributed by atoms with van der Waals surface area (Å²) in [6.45, 7) is 0.168. The van der Waals surface area contributed by atoms with Gasteiger partial charge in [-0.05, 0) is 34.1 Å². The van der Waals surface area contributed by atoms with Crippen molar-refractivity contribution in [1.29, 1.82) is 0 Å². The third-order valence-corrected chi connectivity index (χ3v) is 3.28. The Morgan fingerprint density at radius 1 is 1.57 bits per heavy atom. The van der Waals surface area contributed by atoms with E-state index in [1.165, 1.54) is 18.0 Å².